The van der Waals surface area contributed by atoms with Crippen LogP contribution < -0.4 is 5.32 Å². The average molecular weight is 547 g/mol. The number of hydrogen-bond donors (Lipinski definition) is 2. The lowest BCUT2D eigenvalue weighted by Gasteiger charge is -2.22. The minimum atomic E-state index is -4.33. The third kappa shape index (κ3) is 8.32. The van der Waals surface area contributed by atoms with Gasteiger partial charge >= 0.3 is 6.18 Å². The lowest BCUT2D eigenvalue weighted by atomic mass is 9.94. The van der Waals surface area contributed by atoms with Gasteiger partial charge in [-0.25, -0.2) is 0 Å². The highest BCUT2D eigenvalue weighted by atomic mass is 35.5. The van der Waals surface area contributed by atoms with Crippen molar-refractivity contribution in [3.63, 3.8) is 0 Å². The molecule has 0 aliphatic carbocycles. The topological polar surface area (TPSA) is 32.3 Å². The van der Waals surface area contributed by atoms with Crippen LogP contribution in [0.15, 0.2) is 54.6 Å². The van der Waals surface area contributed by atoms with Gasteiger partial charge in [-0.2, -0.15) is 13.2 Å². The SMILES string of the molecule is CC(C)(C)NCc1cc(CCCc2ccc(C(F)(F)F)cc2)cc(-c2ccc(Cl)c(Cl)c2)c1O.Cl. The Bertz CT molecular complexity index is 1140. The molecule has 0 aliphatic heterocycles. The third-order valence-corrected chi connectivity index (χ3v) is 6.24. The number of phenolic OH excluding ortho intramolecular Hbond substituents is 1. The zero-order chi connectivity index (χ0) is 25.1. The molecule has 190 valence electrons. The maximum absolute atomic E-state index is 12.8. The van der Waals surface area contributed by atoms with E-state index >= 15 is 0 Å². The minimum Gasteiger partial charge on any atom is -0.507 e. The fourth-order valence-corrected chi connectivity index (χ4v) is 3.94. The van der Waals surface area contributed by atoms with Crippen LogP contribution in [0.3, 0.4) is 0 Å². The van der Waals surface area contributed by atoms with E-state index in [1.165, 1.54) is 12.1 Å². The van der Waals surface area contributed by atoms with Gasteiger partial charge in [-0.1, -0.05) is 47.5 Å². The van der Waals surface area contributed by atoms with Crippen molar-refractivity contribution >= 4 is 35.6 Å². The minimum absolute atomic E-state index is 0. The predicted octanol–water partition coefficient (Wildman–Crippen LogP) is 8.87. The van der Waals surface area contributed by atoms with Crippen LogP contribution >= 0.6 is 35.6 Å². The van der Waals surface area contributed by atoms with Gasteiger partial charge < -0.3 is 10.4 Å². The number of nitrogens with one attached hydrogen (secondary N) is 1. The van der Waals surface area contributed by atoms with Gasteiger partial charge in [0, 0.05) is 23.2 Å². The zero-order valence-electron chi connectivity index (χ0n) is 19.8. The summed E-state index contributed by atoms with van der Waals surface area (Å²) in [5, 5.41) is 15.3. The maximum Gasteiger partial charge on any atom is 0.416 e. The fraction of sp³-hybridized carbons (Fsp3) is 0.333. The Balaban J connectivity index is 0.00000432. The smallest absolute Gasteiger partial charge is 0.416 e. The van der Waals surface area contributed by atoms with E-state index in [0.717, 1.165) is 40.8 Å². The first kappa shape index (κ1) is 29.3. The fourth-order valence-electron chi connectivity index (χ4n) is 3.64. The van der Waals surface area contributed by atoms with Crippen molar-refractivity contribution in [1.82, 2.24) is 5.32 Å². The van der Waals surface area contributed by atoms with Crippen molar-refractivity contribution in [2.24, 2.45) is 0 Å². The van der Waals surface area contributed by atoms with E-state index in [1.807, 2.05) is 18.2 Å². The van der Waals surface area contributed by atoms with E-state index in [9.17, 15) is 18.3 Å². The van der Waals surface area contributed by atoms with Crippen LogP contribution in [-0.2, 0) is 25.6 Å². The van der Waals surface area contributed by atoms with Crippen LogP contribution in [0.1, 0.15) is 49.4 Å². The molecule has 8 heteroatoms. The van der Waals surface area contributed by atoms with Gasteiger partial charge in [0.25, 0.3) is 0 Å². The van der Waals surface area contributed by atoms with Gasteiger partial charge in [0.1, 0.15) is 5.75 Å². The second-order valence-corrected chi connectivity index (χ2v) is 10.2. The molecule has 2 N–H and O–H groups in total. The Morgan fingerprint density at radius 2 is 1.46 bits per heavy atom. The summed E-state index contributed by atoms with van der Waals surface area (Å²) in [4.78, 5) is 0. The van der Waals surface area contributed by atoms with E-state index in [2.05, 4.69) is 26.1 Å². The second-order valence-electron chi connectivity index (χ2n) is 9.43. The molecule has 0 amide bonds. The highest BCUT2D eigenvalue weighted by Gasteiger charge is 2.29. The average Bonchev–Trinajstić information content (AvgIpc) is 2.75. The first-order valence-corrected chi connectivity index (χ1v) is 11.8. The molecule has 3 rings (SSSR count). The van der Waals surface area contributed by atoms with Crippen molar-refractivity contribution in [3.8, 4) is 16.9 Å². The van der Waals surface area contributed by atoms with Crippen LogP contribution in [0.25, 0.3) is 11.1 Å². The normalized spacial score (nSPS) is 11.9. The monoisotopic (exact) mass is 545 g/mol. The Morgan fingerprint density at radius 1 is 0.829 bits per heavy atom. The molecule has 0 saturated carbocycles. The zero-order valence-corrected chi connectivity index (χ0v) is 22.1. The molecule has 35 heavy (non-hydrogen) atoms. The molecule has 2 nitrogen and oxygen atoms in total. The van der Waals surface area contributed by atoms with E-state index < -0.39 is 11.7 Å². The number of phenols is 1. The highest BCUT2D eigenvalue weighted by Crippen LogP contribution is 2.37. The Kier molecular flexibility index (Phi) is 9.95. The highest BCUT2D eigenvalue weighted by molar-refractivity contribution is 6.42. The molecule has 0 spiro atoms. The molecular weight excluding hydrogens is 518 g/mol. The molecule has 0 heterocycles. The van der Waals surface area contributed by atoms with Gasteiger partial charge in [0.15, 0.2) is 0 Å². The summed E-state index contributed by atoms with van der Waals surface area (Å²) in [5.41, 5.74) is 3.29. The lowest BCUT2D eigenvalue weighted by Crippen LogP contribution is -2.35. The lowest BCUT2D eigenvalue weighted by molar-refractivity contribution is -0.137. The van der Waals surface area contributed by atoms with Gasteiger partial charge in [-0.15, -0.1) is 12.4 Å². The summed E-state index contributed by atoms with van der Waals surface area (Å²) in [6, 6.07) is 14.4. The molecule has 3 aromatic carbocycles. The molecule has 0 atom stereocenters. The van der Waals surface area contributed by atoms with Gasteiger partial charge in [-0.05, 0) is 87.1 Å². The molecule has 0 aromatic heterocycles. The first-order chi connectivity index (χ1) is 15.8. The quantitative estimate of drug-likeness (QED) is 0.310. The summed E-state index contributed by atoms with van der Waals surface area (Å²) in [6.07, 6.45) is -2.22. The van der Waals surface area contributed by atoms with E-state index in [0.29, 0.717) is 35.0 Å². The standard InChI is InChI=1S/C27H28Cl2F3NO.ClH/c1-26(2,3)33-16-20-13-18(6-4-5-17-7-10-21(11-8-17)27(30,31)32)14-22(25(20)34)19-9-12-23(28)24(29)15-19;/h7-15,33-34H,4-6,16H2,1-3H3;1H. The van der Waals surface area contributed by atoms with Crippen molar-refractivity contribution < 1.29 is 18.3 Å². The first-order valence-electron chi connectivity index (χ1n) is 11.0. The predicted molar refractivity (Wildman–Crippen MR) is 141 cm³/mol. The molecule has 0 aliphatic rings. The molecule has 0 fully saturated rings. The maximum atomic E-state index is 12.8. The number of hydrogen-bond acceptors (Lipinski definition) is 2. The van der Waals surface area contributed by atoms with Crippen LogP contribution in [0.4, 0.5) is 13.2 Å². The van der Waals surface area contributed by atoms with Crippen molar-refractivity contribution in [1.29, 1.82) is 0 Å². The molecule has 0 bridgehead atoms. The summed E-state index contributed by atoms with van der Waals surface area (Å²) in [5.74, 6) is 0.182. The van der Waals surface area contributed by atoms with Crippen molar-refractivity contribution in [2.45, 2.75) is 58.3 Å². The van der Waals surface area contributed by atoms with Crippen LogP contribution in [0, 0.1) is 0 Å². The van der Waals surface area contributed by atoms with Gasteiger partial charge in [0.05, 0.1) is 15.6 Å². The Morgan fingerprint density at radius 3 is 2.03 bits per heavy atom. The number of halogens is 6. The summed E-state index contributed by atoms with van der Waals surface area (Å²) in [7, 11) is 0. The number of rotatable bonds is 7. The van der Waals surface area contributed by atoms with Gasteiger partial charge in [-0.3, -0.25) is 0 Å². The third-order valence-electron chi connectivity index (χ3n) is 5.50. The molecule has 0 radical (unpaired) electrons. The molecule has 3 aromatic rings. The van der Waals surface area contributed by atoms with Crippen molar-refractivity contribution in [3.05, 3.63) is 86.9 Å². The van der Waals surface area contributed by atoms with E-state index in [-0.39, 0.29) is 23.7 Å². The van der Waals surface area contributed by atoms with Gasteiger partial charge in [0.2, 0.25) is 0 Å². The van der Waals surface area contributed by atoms with E-state index in [4.69, 9.17) is 23.2 Å². The molecule has 0 unspecified atom stereocenters. The Hall–Kier alpha value is -1.92. The second kappa shape index (κ2) is 11.9. The summed E-state index contributed by atoms with van der Waals surface area (Å²) in [6.45, 7) is 6.64. The number of alkyl halides is 3. The van der Waals surface area contributed by atoms with E-state index in [1.54, 1.807) is 12.1 Å². The van der Waals surface area contributed by atoms with Crippen LogP contribution in [0.2, 0.25) is 10.0 Å². The number of benzene rings is 3. The van der Waals surface area contributed by atoms with Crippen molar-refractivity contribution in [2.75, 3.05) is 0 Å². The van der Waals surface area contributed by atoms with Crippen LogP contribution in [0.5, 0.6) is 5.75 Å². The Labute approximate surface area is 220 Å². The number of aryl methyl sites for hydroxylation is 2. The molecule has 0 saturated heterocycles. The number of aromatic hydroxyl groups is 1. The summed E-state index contributed by atoms with van der Waals surface area (Å²) < 4.78 is 38.4. The largest absolute Gasteiger partial charge is 0.507 e. The molecular formula is C27H29Cl3F3NO. The van der Waals surface area contributed by atoms with Crippen LogP contribution in [-0.4, -0.2) is 10.6 Å². The summed E-state index contributed by atoms with van der Waals surface area (Å²) >= 11 is 12.3.